The molecule has 18 heteroatoms. The fourth-order valence-electron chi connectivity index (χ4n) is 4.24. The van der Waals surface area contributed by atoms with Crippen molar-refractivity contribution in [1.29, 1.82) is 0 Å². The third kappa shape index (κ3) is 7.28. The second kappa shape index (κ2) is 12.0. The molecular formula is C26H21F9N6O2S. The number of thiazole rings is 1. The van der Waals surface area contributed by atoms with Crippen LogP contribution in [0.25, 0.3) is 11.3 Å². The topological polar surface area (TPSA) is 86.0 Å². The Hall–Kier alpha value is -4.22. The molecule has 4 rings (SSSR count). The van der Waals surface area contributed by atoms with E-state index >= 15 is 0 Å². The molecule has 0 amide bonds. The first-order chi connectivity index (χ1) is 20.4. The Labute approximate surface area is 247 Å². The van der Waals surface area contributed by atoms with E-state index in [0.717, 1.165) is 46.3 Å². The van der Waals surface area contributed by atoms with Gasteiger partial charge in [-0.2, -0.15) is 44.3 Å². The first kappa shape index (κ1) is 32.7. The number of aromatic nitrogens is 5. The van der Waals surface area contributed by atoms with Crippen molar-refractivity contribution in [3.05, 3.63) is 74.1 Å². The SMILES string of the molecule is CCc1sc(C(=O)OC)nc1-c1ccc(C(F)(F)F)cc1CN(Cc1cc(C(F)(F)F)cc(C(F)(F)F)c1)c1nnn(C)n1. The van der Waals surface area contributed by atoms with Gasteiger partial charge in [-0.3, -0.25) is 0 Å². The van der Waals surface area contributed by atoms with E-state index in [4.69, 9.17) is 4.74 Å². The number of methoxy groups -OCH3 is 1. The number of halogens is 9. The summed E-state index contributed by atoms with van der Waals surface area (Å²) in [7, 11) is 2.47. The van der Waals surface area contributed by atoms with Gasteiger partial charge >= 0.3 is 24.5 Å². The van der Waals surface area contributed by atoms with Crippen LogP contribution in [0, 0.1) is 0 Å². The van der Waals surface area contributed by atoms with Gasteiger partial charge in [0.2, 0.25) is 5.01 Å². The van der Waals surface area contributed by atoms with Gasteiger partial charge < -0.3 is 9.64 Å². The van der Waals surface area contributed by atoms with Crippen LogP contribution < -0.4 is 4.90 Å². The molecule has 0 aliphatic carbocycles. The minimum absolute atomic E-state index is 0.0350. The van der Waals surface area contributed by atoms with Crippen LogP contribution in [0.4, 0.5) is 45.5 Å². The van der Waals surface area contributed by atoms with Crippen LogP contribution >= 0.6 is 11.3 Å². The molecule has 8 nitrogen and oxygen atoms in total. The highest BCUT2D eigenvalue weighted by atomic mass is 32.1. The van der Waals surface area contributed by atoms with Gasteiger partial charge in [-0.05, 0) is 53.1 Å². The number of esters is 1. The summed E-state index contributed by atoms with van der Waals surface area (Å²) >= 11 is 0.962. The smallest absolute Gasteiger partial charge is 0.416 e. The molecule has 0 aliphatic heterocycles. The summed E-state index contributed by atoms with van der Waals surface area (Å²) in [4.78, 5) is 19.0. The van der Waals surface area contributed by atoms with Crippen LogP contribution in [0.5, 0.6) is 0 Å². The van der Waals surface area contributed by atoms with E-state index in [1.165, 1.54) is 7.05 Å². The minimum atomic E-state index is -5.13. The number of benzene rings is 2. The van der Waals surface area contributed by atoms with Gasteiger partial charge in [0.05, 0.1) is 36.5 Å². The maximum Gasteiger partial charge on any atom is 0.416 e. The van der Waals surface area contributed by atoms with Crippen molar-refractivity contribution in [3.8, 4) is 11.3 Å². The molecule has 0 atom stereocenters. The quantitative estimate of drug-likeness (QED) is 0.151. The summed E-state index contributed by atoms with van der Waals surface area (Å²) in [5.74, 6) is -1.06. The lowest BCUT2D eigenvalue weighted by molar-refractivity contribution is -0.143. The van der Waals surface area contributed by atoms with Gasteiger partial charge in [0.25, 0.3) is 5.95 Å². The molecule has 2 aromatic carbocycles. The third-order valence-corrected chi connectivity index (χ3v) is 7.41. The van der Waals surface area contributed by atoms with Crippen molar-refractivity contribution >= 4 is 23.3 Å². The van der Waals surface area contributed by atoms with E-state index < -0.39 is 59.8 Å². The first-order valence-corrected chi connectivity index (χ1v) is 13.3. The number of tetrazole rings is 1. The van der Waals surface area contributed by atoms with Gasteiger partial charge in [-0.15, -0.1) is 16.4 Å². The molecule has 0 aliphatic rings. The van der Waals surface area contributed by atoms with Gasteiger partial charge in [0, 0.05) is 23.5 Å². The lowest BCUT2D eigenvalue weighted by Crippen LogP contribution is -2.25. The van der Waals surface area contributed by atoms with Crippen molar-refractivity contribution in [3.63, 3.8) is 0 Å². The highest BCUT2D eigenvalue weighted by molar-refractivity contribution is 7.14. The Morgan fingerprint density at radius 1 is 0.909 bits per heavy atom. The van der Waals surface area contributed by atoms with Crippen molar-refractivity contribution in [2.45, 2.75) is 45.0 Å². The van der Waals surface area contributed by atoms with Crippen LogP contribution in [-0.4, -0.2) is 38.3 Å². The number of anilines is 1. The molecule has 0 bridgehead atoms. The summed E-state index contributed by atoms with van der Waals surface area (Å²) < 4.78 is 127. The summed E-state index contributed by atoms with van der Waals surface area (Å²) in [6, 6.07) is 3.67. The second-order valence-electron chi connectivity index (χ2n) is 9.35. The number of hydrogen-bond acceptors (Lipinski definition) is 8. The van der Waals surface area contributed by atoms with E-state index in [2.05, 4.69) is 20.4 Å². The molecule has 0 saturated carbocycles. The monoisotopic (exact) mass is 652 g/mol. The predicted molar refractivity (Wildman–Crippen MR) is 138 cm³/mol. The van der Waals surface area contributed by atoms with Gasteiger partial charge in [0.15, 0.2) is 0 Å². The number of carbonyl (C=O) groups excluding carboxylic acids is 1. The second-order valence-corrected chi connectivity index (χ2v) is 10.4. The Balaban J connectivity index is 1.88. The first-order valence-electron chi connectivity index (χ1n) is 12.5. The molecule has 0 saturated heterocycles. The standard InChI is InChI=1S/C26H21F9N6O2S/c1-4-19-20(36-21(44-19)22(42)43-3)18-6-5-15(24(27,28)29)9-14(18)12-41(23-37-39-40(2)38-23)11-13-7-16(25(30,31)32)10-17(8-13)26(33,34)35/h5-10H,4,11-12H2,1-3H3. The summed E-state index contributed by atoms with van der Waals surface area (Å²) in [6.45, 7) is 0.514. The largest absolute Gasteiger partial charge is 0.464 e. The molecule has 236 valence electrons. The molecule has 2 aromatic heterocycles. The van der Waals surface area contributed by atoms with E-state index in [1.54, 1.807) is 6.92 Å². The normalized spacial score (nSPS) is 12.5. The van der Waals surface area contributed by atoms with Crippen molar-refractivity contribution < 1.29 is 49.0 Å². The average molecular weight is 653 g/mol. The number of ether oxygens (including phenoxy) is 1. The Morgan fingerprint density at radius 3 is 2.02 bits per heavy atom. The summed E-state index contributed by atoms with van der Waals surface area (Å²) in [6.07, 6.45) is -14.7. The molecular weight excluding hydrogens is 631 g/mol. The van der Waals surface area contributed by atoms with E-state index in [-0.39, 0.29) is 33.8 Å². The summed E-state index contributed by atoms with van der Waals surface area (Å²) in [5, 5.41) is 11.3. The molecule has 2 heterocycles. The van der Waals surface area contributed by atoms with E-state index in [1.807, 2.05) is 0 Å². The lowest BCUT2D eigenvalue weighted by Gasteiger charge is -2.24. The number of nitrogens with zero attached hydrogens (tertiary/aromatic N) is 6. The lowest BCUT2D eigenvalue weighted by atomic mass is 9.99. The highest BCUT2D eigenvalue weighted by Crippen LogP contribution is 2.39. The van der Waals surface area contributed by atoms with E-state index in [9.17, 15) is 44.3 Å². The molecule has 0 unspecified atom stereocenters. The van der Waals surface area contributed by atoms with Crippen LogP contribution in [-0.2, 0) is 49.8 Å². The van der Waals surface area contributed by atoms with Gasteiger partial charge in [-0.1, -0.05) is 18.1 Å². The number of aryl methyl sites for hydroxylation is 2. The number of rotatable bonds is 8. The maximum absolute atomic E-state index is 13.8. The zero-order valence-corrected chi connectivity index (χ0v) is 23.7. The Bertz CT molecular complexity index is 1630. The van der Waals surface area contributed by atoms with Gasteiger partial charge in [0.1, 0.15) is 0 Å². The summed E-state index contributed by atoms with van der Waals surface area (Å²) in [5.41, 5.74) is -4.47. The number of alkyl halides is 9. The van der Waals surface area contributed by atoms with Crippen molar-refractivity contribution in [1.82, 2.24) is 25.2 Å². The third-order valence-electron chi connectivity index (χ3n) is 6.23. The molecule has 0 N–H and O–H groups in total. The average Bonchev–Trinajstić information content (AvgIpc) is 3.57. The zero-order valence-electron chi connectivity index (χ0n) is 22.9. The minimum Gasteiger partial charge on any atom is -0.464 e. The van der Waals surface area contributed by atoms with Crippen LogP contribution in [0.15, 0.2) is 36.4 Å². The molecule has 0 radical (unpaired) electrons. The van der Waals surface area contributed by atoms with Gasteiger partial charge in [-0.25, -0.2) is 9.78 Å². The zero-order chi connectivity index (χ0) is 32.6. The Kier molecular flexibility index (Phi) is 8.95. The molecule has 0 spiro atoms. The maximum atomic E-state index is 13.8. The van der Waals surface area contributed by atoms with Crippen LogP contribution in [0.2, 0.25) is 0 Å². The molecule has 44 heavy (non-hydrogen) atoms. The van der Waals surface area contributed by atoms with Crippen LogP contribution in [0.3, 0.4) is 0 Å². The number of hydrogen-bond donors (Lipinski definition) is 0. The molecule has 0 fully saturated rings. The highest BCUT2D eigenvalue weighted by Gasteiger charge is 2.37. The fourth-order valence-corrected chi connectivity index (χ4v) is 5.18. The fraction of sp³-hybridized carbons (Fsp3) is 0.346. The predicted octanol–water partition coefficient (Wildman–Crippen LogP) is 6.95. The van der Waals surface area contributed by atoms with Crippen molar-refractivity contribution in [2.24, 2.45) is 7.05 Å². The Morgan fingerprint density at radius 2 is 1.52 bits per heavy atom. The van der Waals surface area contributed by atoms with Crippen molar-refractivity contribution in [2.75, 3.05) is 12.0 Å². The molecule has 4 aromatic rings. The van der Waals surface area contributed by atoms with Crippen LogP contribution in [0.1, 0.15) is 49.4 Å². The van der Waals surface area contributed by atoms with E-state index in [0.29, 0.717) is 23.4 Å². The number of carbonyl (C=O) groups is 1.